The maximum absolute atomic E-state index is 5.85. The summed E-state index contributed by atoms with van der Waals surface area (Å²) in [5.74, 6) is 0.937. The van der Waals surface area contributed by atoms with E-state index in [1.165, 1.54) is 16.7 Å². The van der Waals surface area contributed by atoms with E-state index in [-0.39, 0.29) is 0 Å². The Morgan fingerprint density at radius 1 is 1.10 bits per heavy atom. The smallest absolute Gasteiger partial charge is 0.120 e. The summed E-state index contributed by atoms with van der Waals surface area (Å²) in [6.45, 7) is 4.83. The van der Waals surface area contributed by atoms with Crippen molar-refractivity contribution in [1.29, 1.82) is 0 Å². The molecule has 2 aromatic rings. The second-order valence-electron chi connectivity index (χ2n) is 5.73. The zero-order valence-corrected chi connectivity index (χ0v) is 13.0. The van der Waals surface area contributed by atoms with E-state index in [0.717, 1.165) is 25.0 Å². The van der Waals surface area contributed by atoms with E-state index in [2.05, 4.69) is 44.2 Å². The fourth-order valence-corrected chi connectivity index (χ4v) is 2.39. The van der Waals surface area contributed by atoms with E-state index >= 15 is 0 Å². The van der Waals surface area contributed by atoms with Crippen LogP contribution in [0.25, 0.3) is 0 Å². The number of benzene rings is 2. The molecule has 1 unspecified atom stereocenters. The second-order valence-corrected chi connectivity index (χ2v) is 5.73. The van der Waals surface area contributed by atoms with Crippen LogP contribution in [0.1, 0.15) is 36.5 Å². The molecule has 112 valence electrons. The Kier molecular flexibility index (Phi) is 5.82. The molecular weight excluding hydrogens is 258 g/mol. The molecule has 0 bridgehead atoms. The molecule has 2 nitrogen and oxygen atoms in total. The van der Waals surface area contributed by atoms with Crippen molar-refractivity contribution >= 4 is 0 Å². The fourth-order valence-electron chi connectivity index (χ4n) is 2.39. The lowest BCUT2D eigenvalue weighted by molar-refractivity contribution is 0.306. The molecule has 0 aromatic heterocycles. The minimum Gasteiger partial charge on any atom is -0.489 e. The van der Waals surface area contributed by atoms with Gasteiger partial charge in [0.2, 0.25) is 0 Å². The molecule has 0 heterocycles. The number of nitrogens with two attached hydrogens (primary N) is 1. The first-order chi connectivity index (χ1) is 10.1. The first-order valence-electron chi connectivity index (χ1n) is 7.67. The quantitative estimate of drug-likeness (QED) is 0.824. The average Bonchev–Trinajstić information content (AvgIpc) is 2.48. The predicted octanol–water partition coefficient (Wildman–Crippen LogP) is 4.24. The molecule has 0 fully saturated rings. The van der Waals surface area contributed by atoms with Gasteiger partial charge in [-0.3, -0.25) is 0 Å². The van der Waals surface area contributed by atoms with Gasteiger partial charge in [-0.15, -0.1) is 0 Å². The maximum Gasteiger partial charge on any atom is 0.120 e. The van der Waals surface area contributed by atoms with Crippen LogP contribution in [0.3, 0.4) is 0 Å². The monoisotopic (exact) mass is 283 g/mol. The van der Waals surface area contributed by atoms with Crippen molar-refractivity contribution in [2.75, 3.05) is 0 Å². The highest BCUT2D eigenvalue weighted by Crippen LogP contribution is 2.20. The van der Waals surface area contributed by atoms with E-state index in [0.29, 0.717) is 12.6 Å². The van der Waals surface area contributed by atoms with Gasteiger partial charge in [-0.05, 0) is 61.9 Å². The van der Waals surface area contributed by atoms with E-state index in [9.17, 15) is 0 Å². The van der Waals surface area contributed by atoms with Gasteiger partial charge < -0.3 is 10.5 Å². The number of rotatable bonds is 7. The van der Waals surface area contributed by atoms with E-state index in [1.807, 2.05) is 18.2 Å². The van der Waals surface area contributed by atoms with Crippen LogP contribution in [-0.2, 0) is 13.0 Å². The highest BCUT2D eigenvalue weighted by molar-refractivity contribution is 5.35. The lowest BCUT2D eigenvalue weighted by Gasteiger charge is -2.11. The first kappa shape index (κ1) is 15.6. The van der Waals surface area contributed by atoms with Crippen LogP contribution in [-0.4, -0.2) is 6.04 Å². The summed E-state index contributed by atoms with van der Waals surface area (Å²) in [5.41, 5.74) is 9.67. The van der Waals surface area contributed by atoms with Gasteiger partial charge in [0.05, 0.1) is 0 Å². The first-order valence-corrected chi connectivity index (χ1v) is 7.67. The summed E-state index contributed by atoms with van der Waals surface area (Å²) >= 11 is 0. The van der Waals surface area contributed by atoms with Crippen molar-refractivity contribution in [3.8, 4) is 5.75 Å². The third-order valence-electron chi connectivity index (χ3n) is 3.67. The van der Waals surface area contributed by atoms with Gasteiger partial charge in [-0.2, -0.15) is 0 Å². The van der Waals surface area contributed by atoms with E-state index < -0.39 is 0 Å². The summed E-state index contributed by atoms with van der Waals surface area (Å²) in [6, 6.07) is 16.9. The molecule has 2 aromatic carbocycles. The van der Waals surface area contributed by atoms with Crippen LogP contribution in [0, 0.1) is 6.92 Å². The number of hydrogen-bond donors (Lipinski definition) is 1. The minimum atomic E-state index is 0.291. The van der Waals surface area contributed by atoms with Crippen LogP contribution in [0.2, 0.25) is 0 Å². The molecule has 1 atom stereocenters. The van der Waals surface area contributed by atoms with Gasteiger partial charge >= 0.3 is 0 Å². The third-order valence-corrected chi connectivity index (χ3v) is 3.67. The topological polar surface area (TPSA) is 35.2 Å². The van der Waals surface area contributed by atoms with E-state index in [1.54, 1.807) is 0 Å². The normalized spacial score (nSPS) is 12.1. The van der Waals surface area contributed by atoms with Crippen LogP contribution in [0.15, 0.2) is 48.5 Å². The minimum absolute atomic E-state index is 0.291. The second kappa shape index (κ2) is 7.84. The zero-order valence-electron chi connectivity index (χ0n) is 13.0. The third kappa shape index (κ3) is 5.24. The highest BCUT2D eigenvalue weighted by atomic mass is 16.5. The van der Waals surface area contributed by atoms with Crippen molar-refractivity contribution in [2.45, 2.75) is 45.8 Å². The predicted molar refractivity (Wildman–Crippen MR) is 88.5 cm³/mol. The van der Waals surface area contributed by atoms with Crippen LogP contribution < -0.4 is 10.5 Å². The molecule has 0 spiro atoms. The molecular formula is C19H25NO. The lowest BCUT2D eigenvalue weighted by Crippen LogP contribution is -2.14. The molecule has 2 rings (SSSR count). The van der Waals surface area contributed by atoms with Gasteiger partial charge in [-0.1, -0.05) is 36.4 Å². The lowest BCUT2D eigenvalue weighted by atomic mass is 10.0. The summed E-state index contributed by atoms with van der Waals surface area (Å²) in [5, 5.41) is 0. The molecule has 0 aliphatic rings. The molecule has 0 saturated heterocycles. The maximum atomic E-state index is 5.85. The van der Waals surface area contributed by atoms with Gasteiger partial charge in [0.15, 0.2) is 0 Å². The number of aryl methyl sites for hydroxylation is 2. The SMILES string of the molecule is Cc1cc(OCc2ccccc2)ccc1CCCC(C)N. The molecule has 0 saturated carbocycles. The fraction of sp³-hybridized carbons (Fsp3) is 0.368. The largest absolute Gasteiger partial charge is 0.489 e. The summed E-state index contributed by atoms with van der Waals surface area (Å²) < 4.78 is 5.85. The van der Waals surface area contributed by atoms with Crippen LogP contribution in [0.4, 0.5) is 0 Å². The summed E-state index contributed by atoms with van der Waals surface area (Å²) in [4.78, 5) is 0. The van der Waals surface area contributed by atoms with Gasteiger partial charge in [0.1, 0.15) is 12.4 Å². The Morgan fingerprint density at radius 3 is 2.52 bits per heavy atom. The van der Waals surface area contributed by atoms with Gasteiger partial charge in [-0.25, -0.2) is 0 Å². The molecule has 0 aliphatic carbocycles. The Hall–Kier alpha value is -1.80. The molecule has 21 heavy (non-hydrogen) atoms. The Labute approximate surface area is 127 Å². The van der Waals surface area contributed by atoms with Crippen molar-refractivity contribution in [2.24, 2.45) is 5.73 Å². The molecule has 2 N–H and O–H groups in total. The standard InChI is InChI=1S/C19H25NO/c1-15-13-19(21-14-17-8-4-3-5-9-17)12-11-18(15)10-6-7-16(2)20/h3-5,8-9,11-13,16H,6-7,10,14,20H2,1-2H3. The average molecular weight is 283 g/mol. The van der Waals surface area contributed by atoms with E-state index in [4.69, 9.17) is 10.5 Å². The molecule has 0 radical (unpaired) electrons. The van der Waals surface area contributed by atoms with Gasteiger partial charge in [0, 0.05) is 6.04 Å². The highest BCUT2D eigenvalue weighted by Gasteiger charge is 2.03. The Balaban J connectivity index is 1.89. The summed E-state index contributed by atoms with van der Waals surface area (Å²) in [6.07, 6.45) is 3.31. The summed E-state index contributed by atoms with van der Waals surface area (Å²) in [7, 11) is 0. The van der Waals surface area contributed by atoms with Gasteiger partial charge in [0.25, 0.3) is 0 Å². The van der Waals surface area contributed by atoms with Crippen molar-refractivity contribution in [3.05, 3.63) is 65.2 Å². The number of ether oxygens (including phenoxy) is 1. The van der Waals surface area contributed by atoms with Crippen molar-refractivity contribution in [1.82, 2.24) is 0 Å². The zero-order chi connectivity index (χ0) is 15.1. The molecule has 2 heteroatoms. The molecule has 0 amide bonds. The Bertz CT molecular complexity index is 549. The van der Waals surface area contributed by atoms with Crippen molar-refractivity contribution in [3.63, 3.8) is 0 Å². The molecule has 0 aliphatic heterocycles. The Morgan fingerprint density at radius 2 is 1.86 bits per heavy atom. The van der Waals surface area contributed by atoms with Crippen LogP contribution in [0.5, 0.6) is 5.75 Å². The van der Waals surface area contributed by atoms with Crippen molar-refractivity contribution < 1.29 is 4.74 Å². The number of hydrogen-bond acceptors (Lipinski definition) is 2. The van der Waals surface area contributed by atoms with Crippen LogP contribution >= 0.6 is 0 Å².